The number of likely N-dealkylation sites (tertiary alicyclic amines) is 1. The third kappa shape index (κ3) is 3.01. The number of hydrogen-bond donors (Lipinski definition) is 0. The molecule has 0 saturated carbocycles. The third-order valence-electron chi connectivity index (χ3n) is 3.31. The average molecular weight is 351 g/mol. The predicted molar refractivity (Wildman–Crippen MR) is 78.9 cm³/mol. The molecular weight excluding hydrogens is 337 g/mol. The lowest BCUT2D eigenvalue weighted by molar-refractivity contribution is 0.0706. The molecule has 1 aromatic carbocycles. The molecule has 18 heavy (non-hydrogen) atoms. The van der Waals surface area contributed by atoms with E-state index in [9.17, 15) is 4.79 Å². The van der Waals surface area contributed by atoms with Crippen molar-refractivity contribution in [1.29, 1.82) is 0 Å². The van der Waals surface area contributed by atoms with Crippen LogP contribution < -0.4 is 0 Å². The van der Waals surface area contributed by atoms with Gasteiger partial charge in [0.05, 0.1) is 10.6 Å². The summed E-state index contributed by atoms with van der Waals surface area (Å²) in [7, 11) is 0. The second kappa shape index (κ2) is 5.81. The van der Waals surface area contributed by atoms with E-state index >= 15 is 0 Å². The van der Waals surface area contributed by atoms with Crippen molar-refractivity contribution in [1.82, 2.24) is 4.90 Å². The van der Waals surface area contributed by atoms with E-state index in [1.54, 1.807) is 18.2 Å². The number of nitrogens with zero attached hydrogens (tertiary/aromatic N) is 1. The molecule has 1 aliphatic heterocycles. The lowest BCUT2D eigenvalue weighted by atomic mass is 9.98. The van der Waals surface area contributed by atoms with Crippen molar-refractivity contribution in [2.45, 2.75) is 18.2 Å². The van der Waals surface area contributed by atoms with Gasteiger partial charge in [0, 0.05) is 22.9 Å². The minimum atomic E-state index is -0.0427. The first-order valence-corrected chi connectivity index (χ1v) is 7.54. The number of benzene rings is 1. The van der Waals surface area contributed by atoms with Crippen molar-refractivity contribution in [2.75, 3.05) is 13.1 Å². The van der Waals surface area contributed by atoms with Gasteiger partial charge in [-0.3, -0.25) is 4.79 Å². The largest absolute Gasteiger partial charge is 0.337 e. The van der Waals surface area contributed by atoms with Crippen LogP contribution in [0.15, 0.2) is 18.2 Å². The number of piperidine rings is 1. The van der Waals surface area contributed by atoms with E-state index < -0.39 is 0 Å². The minimum Gasteiger partial charge on any atom is -0.337 e. The summed E-state index contributed by atoms with van der Waals surface area (Å²) < 4.78 is 0. The topological polar surface area (TPSA) is 20.3 Å². The second-order valence-electron chi connectivity index (χ2n) is 4.66. The first-order chi connectivity index (χ1) is 8.49. The molecule has 1 aromatic rings. The average Bonchev–Trinajstić information content (AvgIpc) is 2.35. The highest BCUT2D eigenvalue weighted by Crippen LogP contribution is 2.27. The van der Waals surface area contributed by atoms with Crippen molar-refractivity contribution in [3.63, 3.8) is 0 Å². The lowest BCUT2D eigenvalue weighted by Gasteiger charge is -2.34. The van der Waals surface area contributed by atoms with Gasteiger partial charge in [-0.1, -0.05) is 46.1 Å². The number of halogens is 3. The zero-order chi connectivity index (χ0) is 13.3. The summed E-state index contributed by atoms with van der Waals surface area (Å²) in [4.78, 5) is 14.6. The SMILES string of the molecule is CC1CCN(C(=O)c2cc(Cl)ccc2Cl)CC1Br. The molecule has 2 rings (SSSR count). The summed E-state index contributed by atoms with van der Waals surface area (Å²) in [5.41, 5.74) is 0.485. The molecule has 0 bridgehead atoms. The molecule has 1 saturated heterocycles. The van der Waals surface area contributed by atoms with E-state index in [1.807, 2.05) is 4.90 Å². The summed E-state index contributed by atoms with van der Waals surface area (Å²) in [6, 6.07) is 4.98. The van der Waals surface area contributed by atoms with Gasteiger partial charge in [-0.05, 0) is 30.5 Å². The molecule has 2 atom stereocenters. The molecule has 1 heterocycles. The standard InChI is InChI=1S/C13H14BrCl2NO/c1-8-4-5-17(7-11(8)14)13(18)10-6-9(15)2-3-12(10)16/h2-3,6,8,11H,4-5,7H2,1H3. The Morgan fingerprint density at radius 3 is 2.83 bits per heavy atom. The number of amides is 1. The summed E-state index contributed by atoms with van der Waals surface area (Å²) in [5.74, 6) is 0.544. The van der Waals surface area contributed by atoms with Crippen molar-refractivity contribution >= 4 is 45.0 Å². The number of carbonyl (C=O) groups excluding carboxylic acids is 1. The highest BCUT2D eigenvalue weighted by molar-refractivity contribution is 9.09. The van der Waals surface area contributed by atoms with Crippen LogP contribution in [0.1, 0.15) is 23.7 Å². The molecule has 1 amide bonds. The van der Waals surface area contributed by atoms with Gasteiger partial charge in [0.25, 0.3) is 5.91 Å². The van der Waals surface area contributed by atoms with E-state index in [-0.39, 0.29) is 5.91 Å². The Hall–Kier alpha value is -0.250. The number of carbonyl (C=O) groups is 1. The maximum absolute atomic E-state index is 12.4. The molecule has 0 spiro atoms. The molecule has 0 N–H and O–H groups in total. The van der Waals surface area contributed by atoms with E-state index in [0.717, 1.165) is 13.0 Å². The summed E-state index contributed by atoms with van der Waals surface area (Å²) in [5, 5.41) is 0.984. The fourth-order valence-electron chi connectivity index (χ4n) is 2.04. The lowest BCUT2D eigenvalue weighted by Crippen LogP contribution is -2.43. The Morgan fingerprint density at radius 2 is 2.17 bits per heavy atom. The van der Waals surface area contributed by atoms with Crippen LogP contribution in [0.4, 0.5) is 0 Å². The van der Waals surface area contributed by atoms with Crippen molar-refractivity contribution in [3.05, 3.63) is 33.8 Å². The molecule has 5 heteroatoms. The van der Waals surface area contributed by atoms with Crippen LogP contribution in [0, 0.1) is 5.92 Å². The Bertz CT molecular complexity index is 466. The van der Waals surface area contributed by atoms with Gasteiger partial charge in [-0.25, -0.2) is 0 Å². The Labute approximate surface area is 125 Å². The maximum Gasteiger partial charge on any atom is 0.255 e. The Balaban J connectivity index is 2.19. The zero-order valence-corrected chi connectivity index (χ0v) is 13.1. The van der Waals surface area contributed by atoms with Gasteiger partial charge in [0.15, 0.2) is 0 Å². The normalized spacial score (nSPS) is 24.1. The molecule has 1 fully saturated rings. The molecule has 0 aliphatic carbocycles. The predicted octanol–water partition coefficient (Wildman–Crippen LogP) is 4.24. The van der Waals surface area contributed by atoms with Gasteiger partial charge in [-0.2, -0.15) is 0 Å². The van der Waals surface area contributed by atoms with Crippen LogP contribution in [0.3, 0.4) is 0 Å². The first kappa shape index (κ1) is 14.2. The highest BCUT2D eigenvalue weighted by atomic mass is 79.9. The molecule has 1 aliphatic rings. The van der Waals surface area contributed by atoms with Gasteiger partial charge in [0.1, 0.15) is 0 Å². The van der Waals surface area contributed by atoms with E-state index in [1.165, 1.54) is 0 Å². The van der Waals surface area contributed by atoms with E-state index in [4.69, 9.17) is 23.2 Å². The van der Waals surface area contributed by atoms with Gasteiger partial charge in [0.2, 0.25) is 0 Å². The molecule has 2 unspecified atom stereocenters. The number of rotatable bonds is 1. The smallest absolute Gasteiger partial charge is 0.255 e. The first-order valence-electron chi connectivity index (χ1n) is 5.87. The Morgan fingerprint density at radius 1 is 1.44 bits per heavy atom. The van der Waals surface area contributed by atoms with Crippen LogP contribution in [-0.2, 0) is 0 Å². The molecule has 2 nitrogen and oxygen atoms in total. The second-order valence-corrected chi connectivity index (χ2v) is 6.68. The number of alkyl halides is 1. The van der Waals surface area contributed by atoms with Crippen LogP contribution in [0.5, 0.6) is 0 Å². The monoisotopic (exact) mass is 349 g/mol. The van der Waals surface area contributed by atoms with Gasteiger partial charge in [-0.15, -0.1) is 0 Å². The molecule has 0 radical (unpaired) electrons. The fourth-order valence-corrected chi connectivity index (χ4v) is 3.02. The minimum absolute atomic E-state index is 0.0427. The zero-order valence-electron chi connectivity index (χ0n) is 10.00. The third-order valence-corrected chi connectivity index (χ3v) is 5.07. The quantitative estimate of drug-likeness (QED) is 0.694. The van der Waals surface area contributed by atoms with Gasteiger partial charge >= 0.3 is 0 Å². The van der Waals surface area contributed by atoms with E-state index in [2.05, 4.69) is 22.9 Å². The van der Waals surface area contributed by atoms with Crippen LogP contribution in [0.2, 0.25) is 10.0 Å². The van der Waals surface area contributed by atoms with Gasteiger partial charge < -0.3 is 4.90 Å². The van der Waals surface area contributed by atoms with Crippen molar-refractivity contribution in [3.8, 4) is 0 Å². The van der Waals surface area contributed by atoms with Crippen LogP contribution >= 0.6 is 39.1 Å². The van der Waals surface area contributed by atoms with Crippen LogP contribution in [0.25, 0.3) is 0 Å². The summed E-state index contributed by atoms with van der Waals surface area (Å²) >= 11 is 15.6. The van der Waals surface area contributed by atoms with Crippen LogP contribution in [-0.4, -0.2) is 28.7 Å². The van der Waals surface area contributed by atoms with Crippen molar-refractivity contribution in [2.24, 2.45) is 5.92 Å². The highest BCUT2D eigenvalue weighted by Gasteiger charge is 2.28. The summed E-state index contributed by atoms with van der Waals surface area (Å²) in [6.07, 6.45) is 1.000. The molecule has 0 aromatic heterocycles. The molecular formula is C13H14BrCl2NO. The number of hydrogen-bond acceptors (Lipinski definition) is 1. The van der Waals surface area contributed by atoms with E-state index in [0.29, 0.717) is 32.9 Å². The van der Waals surface area contributed by atoms with Crippen molar-refractivity contribution < 1.29 is 4.79 Å². The maximum atomic E-state index is 12.4. The molecule has 98 valence electrons. The summed E-state index contributed by atoms with van der Waals surface area (Å²) in [6.45, 7) is 3.67. The fraction of sp³-hybridized carbons (Fsp3) is 0.462. The Kier molecular flexibility index (Phi) is 4.57.